The molecule has 0 unspecified atom stereocenters. The fraction of sp³-hybridized carbons (Fsp3) is 0.385. The highest BCUT2D eigenvalue weighted by molar-refractivity contribution is 8.15. The lowest BCUT2D eigenvalue weighted by Crippen LogP contribution is -2.34. The molecule has 0 amide bonds. The van der Waals surface area contributed by atoms with Gasteiger partial charge in [-0.2, -0.15) is 0 Å². The summed E-state index contributed by atoms with van der Waals surface area (Å²) in [6, 6.07) is 6.32. The number of carboxylic acids is 1. The minimum Gasteiger partial charge on any atom is -0.508 e. The van der Waals surface area contributed by atoms with Crippen LogP contribution in [0.3, 0.4) is 0 Å². The van der Waals surface area contributed by atoms with Gasteiger partial charge in [0.25, 0.3) is 0 Å². The molecule has 0 fully saturated rings. The van der Waals surface area contributed by atoms with Gasteiger partial charge >= 0.3 is 5.97 Å². The number of aromatic hydroxyl groups is 1. The van der Waals surface area contributed by atoms with Crippen molar-refractivity contribution in [2.45, 2.75) is 31.1 Å². The maximum atomic E-state index is 11.1. The summed E-state index contributed by atoms with van der Waals surface area (Å²) in [5.41, 5.74) is 0.769. The first kappa shape index (κ1) is 13.0. The zero-order chi connectivity index (χ0) is 13.3. The lowest BCUT2D eigenvalue weighted by Gasteiger charge is -2.20. The monoisotopic (exact) mass is 265 g/mol. The average molecular weight is 265 g/mol. The smallest absolute Gasteiger partial charge is 0.329 e. The van der Waals surface area contributed by atoms with Gasteiger partial charge < -0.3 is 10.2 Å². The van der Waals surface area contributed by atoms with Crippen molar-refractivity contribution in [3.05, 3.63) is 29.8 Å². The van der Waals surface area contributed by atoms with E-state index in [0.29, 0.717) is 6.42 Å². The van der Waals surface area contributed by atoms with E-state index >= 15 is 0 Å². The summed E-state index contributed by atoms with van der Waals surface area (Å²) in [5.74, 6) is -0.683. The largest absolute Gasteiger partial charge is 0.508 e. The molecule has 1 atom stereocenters. The molecule has 1 heterocycles. The number of para-hydroxylation sites is 1. The van der Waals surface area contributed by atoms with Crippen LogP contribution in [0.5, 0.6) is 5.75 Å². The predicted octanol–water partition coefficient (Wildman–Crippen LogP) is 2.31. The van der Waals surface area contributed by atoms with E-state index in [4.69, 9.17) is 5.11 Å². The molecule has 0 bridgehead atoms. The summed E-state index contributed by atoms with van der Waals surface area (Å²) in [7, 11) is 0. The Balaban J connectivity index is 2.20. The normalized spacial score (nSPS) is 21.7. The zero-order valence-electron chi connectivity index (χ0n) is 10.3. The standard InChI is InChI=1S/C13H15NO3S/c1-13(2)11(12(16)17)14-10(18-13)7-8-5-3-4-6-9(8)15/h3-6,11,15H,7H2,1-2H3,(H,16,17)/t11-/m1/s1. The van der Waals surface area contributed by atoms with Gasteiger partial charge in [-0.1, -0.05) is 18.2 Å². The van der Waals surface area contributed by atoms with Crippen LogP contribution < -0.4 is 0 Å². The van der Waals surface area contributed by atoms with Crippen LogP contribution in [-0.2, 0) is 11.2 Å². The van der Waals surface area contributed by atoms with Crippen molar-refractivity contribution in [3.8, 4) is 5.75 Å². The fourth-order valence-electron chi connectivity index (χ4n) is 1.94. The van der Waals surface area contributed by atoms with Crippen LogP contribution in [0.4, 0.5) is 0 Å². The Kier molecular flexibility index (Phi) is 3.34. The molecule has 1 aromatic rings. The molecule has 4 nitrogen and oxygen atoms in total. The molecule has 18 heavy (non-hydrogen) atoms. The molecule has 0 spiro atoms. The van der Waals surface area contributed by atoms with Gasteiger partial charge in [-0.3, -0.25) is 4.99 Å². The van der Waals surface area contributed by atoms with Gasteiger partial charge in [-0.25, -0.2) is 4.79 Å². The third-order valence-electron chi connectivity index (χ3n) is 2.88. The first-order valence-corrected chi connectivity index (χ1v) is 6.47. The van der Waals surface area contributed by atoms with Gasteiger partial charge in [-0.15, -0.1) is 11.8 Å². The summed E-state index contributed by atoms with van der Waals surface area (Å²) >= 11 is 1.47. The summed E-state index contributed by atoms with van der Waals surface area (Å²) in [4.78, 5) is 15.4. The van der Waals surface area contributed by atoms with Crippen molar-refractivity contribution in [3.63, 3.8) is 0 Å². The van der Waals surface area contributed by atoms with E-state index in [0.717, 1.165) is 10.6 Å². The van der Waals surface area contributed by atoms with Gasteiger partial charge in [0, 0.05) is 16.7 Å². The summed E-state index contributed by atoms with van der Waals surface area (Å²) in [6.45, 7) is 3.75. The number of hydrogen-bond donors (Lipinski definition) is 2. The Labute approximate surface area is 110 Å². The van der Waals surface area contributed by atoms with E-state index in [-0.39, 0.29) is 5.75 Å². The highest BCUT2D eigenvalue weighted by Crippen LogP contribution is 2.39. The molecule has 2 rings (SSSR count). The van der Waals surface area contributed by atoms with Crippen LogP contribution in [0.25, 0.3) is 0 Å². The number of aliphatic imine (C=N–C) groups is 1. The van der Waals surface area contributed by atoms with Gasteiger partial charge in [0.05, 0.1) is 5.04 Å². The zero-order valence-corrected chi connectivity index (χ0v) is 11.1. The SMILES string of the molecule is CC1(C)SC(Cc2ccccc2O)=N[C@@H]1C(=O)O. The van der Waals surface area contributed by atoms with E-state index in [2.05, 4.69) is 4.99 Å². The Bertz CT molecular complexity index is 511. The molecule has 0 saturated heterocycles. The van der Waals surface area contributed by atoms with E-state index in [9.17, 15) is 9.90 Å². The van der Waals surface area contributed by atoms with Crippen molar-refractivity contribution in [1.29, 1.82) is 0 Å². The molecule has 0 saturated carbocycles. The minimum absolute atomic E-state index is 0.220. The lowest BCUT2D eigenvalue weighted by atomic mass is 10.0. The molecule has 0 aromatic heterocycles. The molecule has 2 N–H and O–H groups in total. The predicted molar refractivity (Wildman–Crippen MR) is 72.3 cm³/mol. The summed E-state index contributed by atoms with van der Waals surface area (Å²) in [5, 5.41) is 19.6. The van der Waals surface area contributed by atoms with Crippen LogP contribution in [0.2, 0.25) is 0 Å². The number of nitrogens with zero attached hydrogens (tertiary/aromatic N) is 1. The number of rotatable bonds is 3. The molecule has 96 valence electrons. The molecule has 1 aliphatic rings. The molecular weight excluding hydrogens is 250 g/mol. The van der Waals surface area contributed by atoms with Crippen molar-refractivity contribution in [2.75, 3.05) is 0 Å². The van der Waals surface area contributed by atoms with E-state index in [1.54, 1.807) is 12.1 Å². The number of carbonyl (C=O) groups is 1. The Morgan fingerprint density at radius 1 is 1.44 bits per heavy atom. The van der Waals surface area contributed by atoms with Crippen molar-refractivity contribution in [1.82, 2.24) is 0 Å². The maximum absolute atomic E-state index is 11.1. The van der Waals surface area contributed by atoms with Crippen molar-refractivity contribution < 1.29 is 15.0 Å². The third kappa shape index (κ3) is 2.51. The second kappa shape index (κ2) is 4.65. The number of carboxylic acid groups (broad SMARTS) is 1. The van der Waals surface area contributed by atoms with Crippen molar-refractivity contribution >= 4 is 22.8 Å². The minimum atomic E-state index is -0.903. The second-order valence-electron chi connectivity index (χ2n) is 4.77. The average Bonchev–Trinajstić information content (AvgIpc) is 2.57. The highest BCUT2D eigenvalue weighted by Gasteiger charge is 2.42. The molecule has 1 aliphatic heterocycles. The third-order valence-corrected chi connectivity index (χ3v) is 4.11. The number of benzene rings is 1. The molecule has 1 aromatic carbocycles. The van der Waals surface area contributed by atoms with E-state index in [1.165, 1.54) is 11.8 Å². The Morgan fingerprint density at radius 3 is 2.67 bits per heavy atom. The Hall–Kier alpha value is -1.49. The summed E-state index contributed by atoms with van der Waals surface area (Å²) in [6.07, 6.45) is 0.477. The van der Waals surface area contributed by atoms with E-state index in [1.807, 2.05) is 26.0 Å². The maximum Gasteiger partial charge on any atom is 0.329 e. The summed E-state index contributed by atoms with van der Waals surface area (Å²) < 4.78 is -0.439. The number of phenolic OH excluding ortho intramolecular Hbond substituents is 1. The van der Waals surface area contributed by atoms with Crippen molar-refractivity contribution in [2.24, 2.45) is 4.99 Å². The molecule has 0 aliphatic carbocycles. The number of phenols is 1. The van der Waals surface area contributed by atoms with Crippen LogP contribution >= 0.6 is 11.8 Å². The molecule has 5 heteroatoms. The first-order valence-electron chi connectivity index (χ1n) is 5.65. The van der Waals surface area contributed by atoms with Crippen LogP contribution in [0, 0.1) is 0 Å². The van der Waals surface area contributed by atoms with Gasteiger partial charge in [0.1, 0.15) is 5.75 Å². The Morgan fingerprint density at radius 2 is 2.11 bits per heavy atom. The number of thioether (sulfide) groups is 1. The molecular formula is C13H15NO3S. The van der Waals surface area contributed by atoms with E-state index < -0.39 is 16.8 Å². The van der Waals surface area contributed by atoms with Gasteiger partial charge in [0.2, 0.25) is 0 Å². The van der Waals surface area contributed by atoms with Crippen LogP contribution in [0.15, 0.2) is 29.3 Å². The van der Waals surface area contributed by atoms with Crippen LogP contribution in [-0.4, -0.2) is 32.0 Å². The quantitative estimate of drug-likeness (QED) is 0.880. The first-order chi connectivity index (χ1) is 8.40. The van der Waals surface area contributed by atoms with Gasteiger partial charge in [-0.05, 0) is 19.9 Å². The topological polar surface area (TPSA) is 69.9 Å². The fourth-order valence-corrected chi connectivity index (χ4v) is 3.20. The lowest BCUT2D eigenvalue weighted by molar-refractivity contribution is -0.138. The molecule has 0 radical (unpaired) electrons. The second-order valence-corrected chi connectivity index (χ2v) is 6.50. The number of hydrogen-bond acceptors (Lipinski definition) is 4. The van der Waals surface area contributed by atoms with Gasteiger partial charge in [0.15, 0.2) is 6.04 Å². The number of aliphatic carboxylic acids is 1. The highest BCUT2D eigenvalue weighted by atomic mass is 32.2. The van der Waals surface area contributed by atoms with Crippen LogP contribution in [0.1, 0.15) is 19.4 Å².